The fourth-order valence-corrected chi connectivity index (χ4v) is 3.67. The number of aryl methyl sites for hydroxylation is 1. The number of nitrogens with zero attached hydrogens (tertiary/aromatic N) is 1. The third-order valence-corrected chi connectivity index (χ3v) is 5.49. The minimum absolute atomic E-state index is 0.163. The number of hydrogen-bond acceptors (Lipinski definition) is 5. The van der Waals surface area contributed by atoms with Gasteiger partial charge in [0.1, 0.15) is 5.82 Å². The van der Waals surface area contributed by atoms with E-state index in [4.69, 9.17) is 20.7 Å². The molecule has 3 aromatic rings. The molecule has 6 nitrogen and oxygen atoms in total. The van der Waals surface area contributed by atoms with Crippen LogP contribution >= 0.6 is 9.24 Å². The molecule has 0 aromatic heterocycles. The van der Waals surface area contributed by atoms with Gasteiger partial charge in [0, 0.05) is 23.8 Å². The van der Waals surface area contributed by atoms with E-state index in [1.54, 1.807) is 69.5 Å². The van der Waals surface area contributed by atoms with Crippen LogP contribution in [0.2, 0.25) is 0 Å². The third-order valence-electron chi connectivity index (χ3n) is 5.13. The molecule has 0 heterocycles. The van der Waals surface area contributed by atoms with Gasteiger partial charge in [-0.25, -0.2) is 4.39 Å². The summed E-state index contributed by atoms with van der Waals surface area (Å²) in [6, 6.07) is 15.1. The van der Waals surface area contributed by atoms with E-state index in [-0.39, 0.29) is 18.3 Å². The van der Waals surface area contributed by atoms with Crippen LogP contribution in [0.3, 0.4) is 0 Å². The van der Waals surface area contributed by atoms with Crippen molar-refractivity contribution in [3.63, 3.8) is 0 Å². The first-order chi connectivity index (χ1) is 15.7. The van der Waals surface area contributed by atoms with Crippen molar-refractivity contribution in [3.8, 4) is 11.1 Å². The Balaban J connectivity index is 1.85. The number of carbonyl (C=O) groups excluding carboxylic acids is 1. The molecule has 0 aliphatic heterocycles. The summed E-state index contributed by atoms with van der Waals surface area (Å²) in [6.07, 6.45) is 0. The number of nitrogens with one attached hydrogen (secondary N) is 1. The van der Waals surface area contributed by atoms with Gasteiger partial charge in [-0.15, -0.1) is 9.24 Å². The molecule has 0 radical (unpaired) electrons. The molecule has 0 spiro atoms. The van der Waals surface area contributed by atoms with Crippen LogP contribution in [0.4, 0.5) is 4.39 Å². The quantitative estimate of drug-likeness (QED) is 0.235. The predicted molar refractivity (Wildman–Crippen MR) is 132 cm³/mol. The molecule has 1 amide bonds. The molecular formula is C25H25FN3O3P. The van der Waals surface area contributed by atoms with Gasteiger partial charge in [0.25, 0.3) is 0 Å². The third kappa shape index (κ3) is 5.69. The summed E-state index contributed by atoms with van der Waals surface area (Å²) >= 11 is 0. The molecule has 0 fully saturated rings. The number of carbonyl (C=O) groups is 1. The summed E-state index contributed by atoms with van der Waals surface area (Å²) in [7, 11) is 4.11. The van der Waals surface area contributed by atoms with Crippen LogP contribution in [-0.2, 0) is 16.2 Å². The number of primary amides is 1. The average molecular weight is 465 g/mol. The predicted octanol–water partition coefficient (Wildman–Crippen LogP) is 4.31. The van der Waals surface area contributed by atoms with Gasteiger partial charge in [0.05, 0.1) is 12.3 Å². The van der Waals surface area contributed by atoms with E-state index in [1.807, 2.05) is 0 Å². The highest BCUT2D eigenvalue weighted by atomic mass is 31.0. The van der Waals surface area contributed by atoms with E-state index in [0.717, 1.165) is 22.0 Å². The smallest absolute Gasteiger partial charge is 0.248 e. The number of ether oxygens (including phenoxy) is 1. The molecular weight excluding hydrogens is 440 g/mol. The van der Waals surface area contributed by atoms with Crippen molar-refractivity contribution < 1.29 is 18.8 Å². The Labute approximate surface area is 194 Å². The fraction of sp³-hybridized carbons (Fsp3) is 0.160. The van der Waals surface area contributed by atoms with Gasteiger partial charge >= 0.3 is 0 Å². The van der Waals surface area contributed by atoms with E-state index < -0.39 is 5.91 Å². The molecule has 0 aliphatic carbocycles. The Morgan fingerprint density at radius 2 is 1.82 bits per heavy atom. The highest BCUT2D eigenvalue weighted by Gasteiger charge is 2.14. The molecule has 3 N–H and O–H groups in total. The van der Waals surface area contributed by atoms with Crippen molar-refractivity contribution in [1.29, 1.82) is 5.41 Å². The molecule has 3 aromatic carbocycles. The number of amides is 1. The highest BCUT2D eigenvalue weighted by molar-refractivity contribution is 7.27. The Morgan fingerprint density at radius 3 is 2.48 bits per heavy atom. The maximum atomic E-state index is 14.4. The maximum Gasteiger partial charge on any atom is 0.248 e. The van der Waals surface area contributed by atoms with Gasteiger partial charge in [-0.05, 0) is 77.8 Å². The number of benzene rings is 3. The van der Waals surface area contributed by atoms with Crippen LogP contribution in [0.1, 0.15) is 39.5 Å². The van der Waals surface area contributed by atoms with Gasteiger partial charge in [0.2, 0.25) is 11.8 Å². The minimum Gasteiger partial charge on any atom is -0.380 e. The first-order valence-electron chi connectivity index (χ1n) is 10.1. The first-order valence-corrected chi connectivity index (χ1v) is 10.7. The standard InChI is InChI=1S/C25H25FN3O3P/c1-14-10-16(4-7-20(14)24(27)30)15(2)29-32-25(28)17-5-8-21(18(11-17)13-31-3)22-12-19(33)6-9-23(22)26/h4-12,28H,13,33H2,1-3H3,(H2,27,30)/b28-25?,29-15+. The second kappa shape index (κ2) is 10.5. The van der Waals surface area contributed by atoms with Crippen molar-refractivity contribution >= 4 is 32.1 Å². The van der Waals surface area contributed by atoms with Crippen molar-refractivity contribution in [3.05, 3.63) is 88.2 Å². The Morgan fingerprint density at radius 1 is 1.09 bits per heavy atom. The lowest BCUT2D eigenvalue weighted by atomic mass is 9.97. The zero-order valence-corrected chi connectivity index (χ0v) is 19.8. The van der Waals surface area contributed by atoms with Gasteiger partial charge in [-0.2, -0.15) is 0 Å². The number of halogens is 1. The molecule has 0 saturated carbocycles. The van der Waals surface area contributed by atoms with Crippen LogP contribution < -0.4 is 11.0 Å². The molecule has 0 saturated heterocycles. The molecule has 1 unspecified atom stereocenters. The molecule has 3 rings (SSSR count). The van der Waals surface area contributed by atoms with E-state index in [2.05, 4.69) is 14.4 Å². The number of hydrogen-bond donors (Lipinski definition) is 2. The molecule has 0 bridgehead atoms. The summed E-state index contributed by atoms with van der Waals surface area (Å²) in [5, 5.41) is 13.2. The summed E-state index contributed by atoms with van der Waals surface area (Å²) in [4.78, 5) is 16.8. The molecule has 33 heavy (non-hydrogen) atoms. The van der Waals surface area contributed by atoms with Crippen molar-refractivity contribution in [1.82, 2.24) is 0 Å². The number of rotatable bonds is 7. The Bertz CT molecular complexity index is 1260. The number of oxime groups is 1. The van der Waals surface area contributed by atoms with Gasteiger partial charge in [-0.1, -0.05) is 23.4 Å². The largest absolute Gasteiger partial charge is 0.380 e. The number of methoxy groups -OCH3 is 1. The normalized spacial score (nSPS) is 11.4. The van der Waals surface area contributed by atoms with Crippen molar-refractivity contribution in [2.75, 3.05) is 7.11 Å². The lowest BCUT2D eigenvalue weighted by Crippen LogP contribution is -2.13. The van der Waals surface area contributed by atoms with E-state index in [1.165, 1.54) is 6.07 Å². The van der Waals surface area contributed by atoms with E-state index in [9.17, 15) is 9.18 Å². The number of nitrogens with two attached hydrogens (primary N) is 1. The summed E-state index contributed by atoms with van der Waals surface area (Å²) < 4.78 is 19.7. The lowest BCUT2D eigenvalue weighted by Gasteiger charge is -2.13. The maximum absolute atomic E-state index is 14.4. The average Bonchev–Trinajstić information content (AvgIpc) is 2.78. The summed E-state index contributed by atoms with van der Waals surface area (Å²) in [5.74, 6) is -0.995. The second-order valence-corrected chi connectivity index (χ2v) is 8.20. The molecule has 170 valence electrons. The monoisotopic (exact) mass is 465 g/mol. The van der Waals surface area contributed by atoms with Crippen LogP contribution in [0, 0.1) is 18.2 Å². The zero-order chi connectivity index (χ0) is 24.1. The van der Waals surface area contributed by atoms with Crippen LogP contribution in [0.5, 0.6) is 0 Å². The van der Waals surface area contributed by atoms with Crippen LogP contribution in [0.25, 0.3) is 11.1 Å². The van der Waals surface area contributed by atoms with Crippen LogP contribution in [0.15, 0.2) is 59.8 Å². The summed E-state index contributed by atoms with van der Waals surface area (Å²) in [6.45, 7) is 3.77. The van der Waals surface area contributed by atoms with Gasteiger partial charge in [-0.3, -0.25) is 10.2 Å². The zero-order valence-electron chi connectivity index (χ0n) is 18.6. The van der Waals surface area contributed by atoms with Gasteiger partial charge < -0.3 is 15.3 Å². The second-order valence-electron chi connectivity index (χ2n) is 7.54. The minimum atomic E-state index is -0.494. The Kier molecular flexibility index (Phi) is 7.69. The SMILES string of the molecule is COCc1cc(C(=N)O/N=C(\C)c2ccc(C(N)=O)c(C)c2)ccc1-c1cc(P)ccc1F. The topological polar surface area (TPSA) is 97.8 Å². The van der Waals surface area contributed by atoms with Crippen molar-refractivity contribution in [2.24, 2.45) is 10.9 Å². The van der Waals surface area contributed by atoms with Crippen LogP contribution in [-0.4, -0.2) is 24.6 Å². The molecule has 0 aliphatic rings. The lowest BCUT2D eigenvalue weighted by molar-refractivity contribution is 0.0999. The van der Waals surface area contributed by atoms with E-state index in [0.29, 0.717) is 28.0 Å². The molecule has 8 heteroatoms. The molecule has 1 atom stereocenters. The first kappa shape index (κ1) is 24.2. The highest BCUT2D eigenvalue weighted by Crippen LogP contribution is 2.28. The van der Waals surface area contributed by atoms with Crippen molar-refractivity contribution in [2.45, 2.75) is 20.5 Å². The van der Waals surface area contributed by atoms with E-state index >= 15 is 0 Å². The fourth-order valence-electron chi connectivity index (χ4n) is 3.41. The van der Waals surface area contributed by atoms with Gasteiger partial charge in [0.15, 0.2) is 0 Å². The Hall–Kier alpha value is -3.41. The summed E-state index contributed by atoms with van der Waals surface area (Å²) in [5.41, 5.74) is 10.1.